The van der Waals surface area contributed by atoms with E-state index in [1.807, 2.05) is 0 Å². The summed E-state index contributed by atoms with van der Waals surface area (Å²) in [5.41, 5.74) is -0.357. The van der Waals surface area contributed by atoms with Crippen LogP contribution in [0.4, 0.5) is 0 Å². The summed E-state index contributed by atoms with van der Waals surface area (Å²) >= 11 is 0. The Bertz CT molecular complexity index is 359. The van der Waals surface area contributed by atoms with Crippen molar-refractivity contribution in [3.05, 3.63) is 0 Å². The Morgan fingerprint density at radius 3 is 2.09 bits per heavy atom. The number of hydrogen-bond donors (Lipinski definition) is 0. The van der Waals surface area contributed by atoms with Gasteiger partial charge in [0.1, 0.15) is 5.60 Å². The average Bonchev–Trinajstić information content (AvgIpc) is 2.85. The van der Waals surface area contributed by atoms with Gasteiger partial charge in [-0.05, 0) is 43.9 Å². The molecule has 0 aromatic rings. The van der Waals surface area contributed by atoms with Gasteiger partial charge in [-0.25, -0.2) is 0 Å². The molecule has 1 aliphatic carbocycles. The van der Waals surface area contributed by atoms with E-state index in [0.29, 0.717) is 6.61 Å². The maximum Gasteiger partial charge on any atom is 0.309 e. The van der Waals surface area contributed by atoms with Gasteiger partial charge in [0.2, 0.25) is 0 Å². The molecule has 3 heteroatoms. The predicted octanol–water partition coefficient (Wildman–Crippen LogP) is 4.98. The zero-order valence-electron chi connectivity index (χ0n) is 15.8. The van der Waals surface area contributed by atoms with Crippen LogP contribution < -0.4 is 0 Å². The Morgan fingerprint density at radius 2 is 1.68 bits per heavy atom. The van der Waals surface area contributed by atoms with Crippen molar-refractivity contribution in [2.45, 2.75) is 85.7 Å². The zero-order valence-corrected chi connectivity index (χ0v) is 15.8. The molecule has 0 heterocycles. The summed E-state index contributed by atoms with van der Waals surface area (Å²) in [4.78, 5) is 12.8. The molecule has 0 bridgehead atoms. The van der Waals surface area contributed by atoms with E-state index in [1.165, 1.54) is 0 Å². The molecule has 1 aliphatic rings. The number of carbonyl (C=O) groups excluding carboxylic acids is 1. The number of hydrogen-bond acceptors (Lipinski definition) is 3. The van der Waals surface area contributed by atoms with Crippen LogP contribution in [0.2, 0.25) is 0 Å². The summed E-state index contributed by atoms with van der Waals surface area (Å²) in [5.74, 6) is -0.0145. The molecular formula is C19H36O3. The molecule has 0 saturated heterocycles. The van der Waals surface area contributed by atoms with Gasteiger partial charge in [-0.15, -0.1) is 0 Å². The van der Waals surface area contributed by atoms with E-state index in [1.54, 1.807) is 7.11 Å². The molecule has 130 valence electrons. The zero-order chi connectivity index (χ0) is 17.0. The van der Waals surface area contributed by atoms with E-state index in [4.69, 9.17) is 9.47 Å². The second-order valence-electron chi connectivity index (χ2n) is 8.81. The minimum atomic E-state index is -0.356. The van der Waals surface area contributed by atoms with Crippen molar-refractivity contribution in [3.63, 3.8) is 0 Å². The average molecular weight is 312 g/mol. The van der Waals surface area contributed by atoms with Crippen molar-refractivity contribution in [2.75, 3.05) is 13.7 Å². The van der Waals surface area contributed by atoms with Crippen LogP contribution in [-0.2, 0) is 14.3 Å². The summed E-state index contributed by atoms with van der Waals surface area (Å²) in [7, 11) is 1.72. The minimum Gasteiger partial charge on any atom is -0.458 e. The molecule has 1 rings (SSSR count). The summed E-state index contributed by atoms with van der Waals surface area (Å²) in [6, 6.07) is 0. The molecule has 0 aliphatic heterocycles. The number of ether oxygens (including phenoxy) is 2. The lowest BCUT2D eigenvalue weighted by Gasteiger charge is -2.44. The van der Waals surface area contributed by atoms with Crippen molar-refractivity contribution in [2.24, 2.45) is 16.7 Å². The first-order valence-corrected chi connectivity index (χ1v) is 8.79. The summed E-state index contributed by atoms with van der Waals surface area (Å²) < 4.78 is 11.6. The fraction of sp³-hybridized carbons (Fsp3) is 0.947. The maximum absolute atomic E-state index is 12.8. The van der Waals surface area contributed by atoms with E-state index in [-0.39, 0.29) is 28.3 Å². The lowest BCUT2D eigenvalue weighted by atomic mass is 9.73. The monoisotopic (exact) mass is 312 g/mol. The largest absolute Gasteiger partial charge is 0.458 e. The molecule has 0 radical (unpaired) electrons. The van der Waals surface area contributed by atoms with Gasteiger partial charge in [0.25, 0.3) is 0 Å². The van der Waals surface area contributed by atoms with Crippen LogP contribution in [0.5, 0.6) is 0 Å². The Morgan fingerprint density at radius 1 is 1.14 bits per heavy atom. The second-order valence-corrected chi connectivity index (χ2v) is 8.81. The second kappa shape index (κ2) is 7.33. The molecule has 22 heavy (non-hydrogen) atoms. The number of carbonyl (C=O) groups is 1. The molecule has 3 nitrogen and oxygen atoms in total. The van der Waals surface area contributed by atoms with Crippen LogP contribution in [0.3, 0.4) is 0 Å². The van der Waals surface area contributed by atoms with Gasteiger partial charge in [0.15, 0.2) is 0 Å². The Kier molecular flexibility index (Phi) is 6.49. The summed E-state index contributed by atoms with van der Waals surface area (Å²) in [6.07, 6.45) is 5.91. The molecule has 0 aromatic carbocycles. The Labute approximate surface area is 137 Å². The van der Waals surface area contributed by atoms with Gasteiger partial charge in [0.05, 0.1) is 12.5 Å². The first-order valence-electron chi connectivity index (χ1n) is 8.79. The van der Waals surface area contributed by atoms with E-state index in [2.05, 4.69) is 41.5 Å². The van der Waals surface area contributed by atoms with Crippen LogP contribution in [-0.4, -0.2) is 25.3 Å². The Hall–Kier alpha value is -0.570. The van der Waals surface area contributed by atoms with Crippen LogP contribution in [0.1, 0.15) is 80.1 Å². The molecule has 0 N–H and O–H groups in total. The molecule has 1 unspecified atom stereocenters. The molecule has 1 atom stereocenters. The van der Waals surface area contributed by atoms with Gasteiger partial charge in [-0.3, -0.25) is 4.79 Å². The van der Waals surface area contributed by atoms with Crippen molar-refractivity contribution < 1.29 is 14.3 Å². The molecule has 0 amide bonds. The fourth-order valence-electron chi connectivity index (χ4n) is 3.76. The third kappa shape index (κ3) is 4.71. The normalized spacial score (nSPS) is 20.0. The van der Waals surface area contributed by atoms with Gasteiger partial charge in [-0.1, -0.05) is 41.5 Å². The number of rotatable bonds is 7. The number of esters is 1. The molecular weight excluding hydrogens is 276 g/mol. The van der Waals surface area contributed by atoms with Crippen molar-refractivity contribution in [3.8, 4) is 0 Å². The third-order valence-corrected chi connectivity index (χ3v) is 5.13. The number of methoxy groups -OCH3 is 1. The maximum atomic E-state index is 12.8. The smallest absolute Gasteiger partial charge is 0.309 e. The predicted molar refractivity (Wildman–Crippen MR) is 90.8 cm³/mol. The highest BCUT2D eigenvalue weighted by atomic mass is 16.6. The standard InChI is InChI=1S/C19H36O3/c1-8-15(13-17(2,3)4)16(20)22-19(11-9-10-12-19)18(5,6)14-21-7/h15H,8-14H2,1-7H3. The van der Waals surface area contributed by atoms with Crippen LogP contribution in [0.15, 0.2) is 0 Å². The molecule has 0 aromatic heterocycles. The Balaban J connectivity index is 2.88. The highest BCUT2D eigenvalue weighted by Gasteiger charge is 2.50. The van der Waals surface area contributed by atoms with Gasteiger partial charge < -0.3 is 9.47 Å². The van der Waals surface area contributed by atoms with Crippen molar-refractivity contribution in [1.29, 1.82) is 0 Å². The first kappa shape index (κ1) is 19.5. The highest BCUT2D eigenvalue weighted by molar-refractivity contribution is 5.73. The lowest BCUT2D eigenvalue weighted by molar-refractivity contribution is -0.184. The quantitative estimate of drug-likeness (QED) is 0.622. The summed E-state index contributed by atoms with van der Waals surface area (Å²) in [6.45, 7) is 13.6. The lowest BCUT2D eigenvalue weighted by Crippen LogP contribution is -2.49. The minimum absolute atomic E-state index is 0.00387. The van der Waals surface area contributed by atoms with Gasteiger partial charge in [0, 0.05) is 12.5 Å². The fourth-order valence-corrected chi connectivity index (χ4v) is 3.76. The van der Waals surface area contributed by atoms with E-state index in [0.717, 1.165) is 38.5 Å². The topological polar surface area (TPSA) is 35.5 Å². The van der Waals surface area contributed by atoms with Gasteiger partial charge >= 0.3 is 5.97 Å². The first-order chi connectivity index (χ1) is 10.1. The van der Waals surface area contributed by atoms with E-state index >= 15 is 0 Å². The van der Waals surface area contributed by atoms with Gasteiger partial charge in [-0.2, -0.15) is 0 Å². The van der Waals surface area contributed by atoms with Crippen molar-refractivity contribution >= 4 is 5.97 Å². The molecule has 1 saturated carbocycles. The van der Waals surface area contributed by atoms with Crippen LogP contribution in [0, 0.1) is 16.7 Å². The van der Waals surface area contributed by atoms with E-state index < -0.39 is 0 Å². The molecule has 1 fully saturated rings. The summed E-state index contributed by atoms with van der Waals surface area (Å²) in [5, 5.41) is 0. The SMILES string of the molecule is CCC(CC(C)(C)C)C(=O)OC1(C(C)(C)COC)CCCC1. The third-order valence-electron chi connectivity index (χ3n) is 5.13. The van der Waals surface area contributed by atoms with Crippen LogP contribution in [0.25, 0.3) is 0 Å². The highest BCUT2D eigenvalue weighted by Crippen LogP contribution is 2.47. The van der Waals surface area contributed by atoms with E-state index in [9.17, 15) is 4.79 Å². The molecule has 0 spiro atoms. The van der Waals surface area contributed by atoms with Crippen molar-refractivity contribution in [1.82, 2.24) is 0 Å². The van der Waals surface area contributed by atoms with Crippen LogP contribution >= 0.6 is 0 Å².